The number of nitrogens with zero attached hydrogens (tertiary/aromatic N) is 1. The summed E-state index contributed by atoms with van der Waals surface area (Å²) in [6.45, 7) is 1.36. The van der Waals surface area contributed by atoms with Gasteiger partial charge in [0, 0.05) is 17.5 Å². The lowest BCUT2D eigenvalue weighted by molar-refractivity contribution is -0.388. The lowest BCUT2D eigenvalue weighted by Crippen LogP contribution is -2.28. The maximum Gasteiger partial charge on any atom is 0.423 e. The molecule has 30 heavy (non-hydrogen) atoms. The summed E-state index contributed by atoms with van der Waals surface area (Å²) in [4.78, 5) is 22.3. The highest BCUT2D eigenvalue weighted by Gasteiger charge is 2.38. The summed E-state index contributed by atoms with van der Waals surface area (Å²) in [6, 6.07) is 6.31. The first-order valence-electron chi connectivity index (χ1n) is 8.46. The van der Waals surface area contributed by atoms with Gasteiger partial charge in [-0.15, -0.1) is 0 Å². The van der Waals surface area contributed by atoms with E-state index in [9.17, 15) is 40.9 Å². The minimum atomic E-state index is -5.05. The normalized spacial score (nSPS) is 13.0. The van der Waals surface area contributed by atoms with Crippen LogP contribution in [0.4, 0.5) is 28.9 Å². The first-order chi connectivity index (χ1) is 13.8. The average Bonchev–Trinajstić information content (AvgIpc) is 2.66. The second kappa shape index (κ2) is 8.78. The zero-order valence-electron chi connectivity index (χ0n) is 15.4. The largest absolute Gasteiger partial charge is 0.423 e. The summed E-state index contributed by atoms with van der Waals surface area (Å²) in [5.41, 5.74) is -3.02. The second-order valence-electron chi connectivity index (χ2n) is 6.28. The van der Waals surface area contributed by atoms with Gasteiger partial charge < -0.3 is 5.32 Å². The van der Waals surface area contributed by atoms with Gasteiger partial charge in [-0.3, -0.25) is 14.9 Å². The van der Waals surface area contributed by atoms with Crippen LogP contribution in [0, 0.1) is 15.9 Å². The number of nitro groups is 1. The molecule has 1 amide bonds. The quantitative estimate of drug-likeness (QED) is 0.393. The van der Waals surface area contributed by atoms with E-state index in [1.54, 1.807) is 0 Å². The van der Waals surface area contributed by atoms with E-state index in [4.69, 9.17) is 0 Å². The number of nitro benzene ring substituents is 1. The van der Waals surface area contributed by atoms with Crippen LogP contribution in [0.15, 0.2) is 42.5 Å². The molecule has 0 saturated carbocycles. The molecule has 2 rings (SSSR count). The Morgan fingerprint density at radius 1 is 1.17 bits per heavy atom. The molecular weight excluding hydrogens is 432 g/mol. The minimum Gasteiger partial charge on any atom is -0.326 e. The molecule has 0 bridgehead atoms. The van der Waals surface area contributed by atoms with Crippen molar-refractivity contribution in [1.29, 1.82) is 0 Å². The number of alkyl halides is 3. The van der Waals surface area contributed by atoms with Crippen LogP contribution < -0.4 is 5.32 Å². The predicted octanol–water partition coefficient (Wildman–Crippen LogP) is 3.91. The number of anilines is 1. The summed E-state index contributed by atoms with van der Waals surface area (Å²) in [5.74, 6) is -3.85. The molecular formula is C18H16F4N2O5S. The predicted molar refractivity (Wildman–Crippen MR) is 100 cm³/mol. The van der Waals surface area contributed by atoms with Crippen LogP contribution >= 0.6 is 0 Å². The number of hydrogen-bond donors (Lipinski definition) is 1. The molecule has 0 aliphatic carbocycles. The molecule has 0 fully saturated rings. The van der Waals surface area contributed by atoms with Gasteiger partial charge in [0.05, 0.1) is 16.6 Å². The Bertz CT molecular complexity index is 1050. The Labute approximate surface area is 168 Å². The lowest BCUT2D eigenvalue weighted by atomic mass is 10.00. The van der Waals surface area contributed by atoms with E-state index in [0.29, 0.717) is 12.1 Å². The molecule has 2 aromatic carbocycles. The van der Waals surface area contributed by atoms with E-state index in [-0.39, 0.29) is 11.3 Å². The Hall–Kier alpha value is -3.02. The van der Waals surface area contributed by atoms with Crippen molar-refractivity contribution < 1.29 is 35.7 Å². The van der Waals surface area contributed by atoms with E-state index in [1.807, 2.05) is 0 Å². The van der Waals surface area contributed by atoms with Crippen molar-refractivity contribution >= 4 is 27.1 Å². The van der Waals surface area contributed by atoms with E-state index < -0.39 is 61.3 Å². The topological polar surface area (TPSA) is 106 Å². The number of benzene rings is 2. The van der Waals surface area contributed by atoms with Gasteiger partial charge in [0.1, 0.15) is 11.4 Å². The van der Waals surface area contributed by atoms with Gasteiger partial charge in [-0.2, -0.15) is 13.2 Å². The van der Waals surface area contributed by atoms with Crippen molar-refractivity contribution in [2.24, 2.45) is 0 Å². The molecule has 1 atom stereocenters. The fourth-order valence-corrected chi connectivity index (χ4v) is 3.71. The molecule has 0 aliphatic heterocycles. The standard InChI is InChI=1S/C18H16F4N2O5S/c1-2-30(28,29)10-14(11-3-5-12(19)6-4-11)17(25)23-13-7-8-16(24(26)27)15(9-13)18(20,21)22/h3-9,14H,2,10H2,1H3,(H,23,25). The summed E-state index contributed by atoms with van der Waals surface area (Å²) in [6.07, 6.45) is -5.05. The number of rotatable bonds is 7. The molecule has 0 aliphatic rings. The molecule has 162 valence electrons. The second-order valence-corrected chi connectivity index (χ2v) is 8.68. The summed E-state index contributed by atoms with van der Waals surface area (Å²) < 4.78 is 76.6. The highest BCUT2D eigenvalue weighted by molar-refractivity contribution is 7.91. The summed E-state index contributed by atoms with van der Waals surface area (Å²) in [5, 5.41) is 13.0. The average molecular weight is 448 g/mol. The maximum absolute atomic E-state index is 13.2. The van der Waals surface area contributed by atoms with Gasteiger partial charge >= 0.3 is 6.18 Å². The van der Waals surface area contributed by atoms with Crippen LogP contribution in [0.3, 0.4) is 0 Å². The third-order valence-corrected chi connectivity index (χ3v) is 5.94. The first-order valence-corrected chi connectivity index (χ1v) is 10.3. The van der Waals surface area contributed by atoms with Gasteiger partial charge in [-0.1, -0.05) is 19.1 Å². The van der Waals surface area contributed by atoms with Gasteiger partial charge in [-0.25, -0.2) is 12.8 Å². The minimum absolute atomic E-state index is 0.142. The molecule has 0 aromatic heterocycles. The molecule has 0 heterocycles. The maximum atomic E-state index is 13.2. The van der Waals surface area contributed by atoms with E-state index in [0.717, 1.165) is 18.2 Å². The van der Waals surface area contributed by atoms with Gasteiger partial charge in [0.25, 0.3) is 5.69 Å². The Kier molecular flexibility index (Phi) is 6.80. The molecule has 7 nitrogen and oxygen atoms in total. The summed E-state index contributed by atoms with van der Waals surface area (Å²) >= 11 is 0. The summed E-state index contributed by atoms with van der Waals surface area (Å²) in [7, 11) is -3.69. The first kappa shape index (κ1) is 23.3. The SMILES string of the molecule is CCS(=O)(=O)CC(C(=O)Nc1ccc([N+](=O)[O-])c(C(F)(F)F)c1)c1ccc(F)cc1. The number of amides is 1. The van der Waals surface area contributed by atoms with E-state index in [1.165, 1.54) is 19.1 Å². The Balaban J connectivity index is 2.42. The Morgan fingerprint density at radius 2 is 1.77 bits per heavy atom. The van der Waals surface area contributed by atoms with Crippen molar-refractivity contribution in [2.45, 2.75) is 19.0 Å². The molecule has 0 radical (unpaired) electrons. The zero-order valence-corrected chi connectivity index (χ0v) is 16.3. The van der Waals surface area contributed by atoms with Gasteiger partial charge in [0.15, 0.2) is 9.84 Å². The van der Waals surface area contributed by atoms with Gasteiger partial charge in [0.2, 0.25) is 5.91 Å². The van der Waals surface area contributed by atoms with Gasteiger partial charge in [-0.05, 0) is 29.8 Å². The molecule has 2 aromatic rings. The third kappa shape index (κ3) is 5.75. The van der Waals surface area contributed by atoms with Crippen molar-refractivity contribution in [3.05, 3.63) is 69.5 Å². The van der Waals surface area contributed by atoms with Crippen LogP contribution in [0.2, 0.25) is 0 Å². The zero-order chi connectivity index (χ0) is 22.7. The van der Waals surface area contributed by atoms with Crippen molar-refractivity contribution in [3.63, 3.8) is 0 Å². The van der Waals surface area contributed by atoms with Crippen LogP contribution in [0.1, 0.15) is 24.0 Å². The fraction of sp³-hybridized carbons (Fsp3) is 0.278. The molecule has 1 unspecified atom stereocenters. The van der Waals surface area contributed by atoms with E-state index in [2.05, 4.69) is 5.32 Å². The number of hydrogen-bond acceptors (Lipinski definition) is 5. The van der Waals surface area contributed by atoms with Crippen LogP contribution in [0.25, 0.3) is 0 Å². The lowest BCUT2D eigenvalue weighted by Gasteiger charge is -2.18. The van der Waals surface area contributed by atoms with Crippen LogP contribution in [-0.4, -0.2) is 30.8 Å². The van der Waals surface area contributed by atoms with Crippen molar-refractivity contribution in [2.75, 3.05) is 16.8 Å². The number of carbonyl (C=O) groups is 1. The van der Waals surface area contributed by atoms with Crippen molar-refractivity contribution in [3.8, 4) is 0 Å². The number of halogens is 4. The van der Waals surface area contributed by atoms with Crippen LogP contribution in [0.5, 0.6) is 0 Å². The fourth-order valence-electron chi connectivity index (χ4n) is 2.62. The molecule has 0 spiro atoms. The number of sulfone groups is 1. The smallest absolute Gasteiger partial charge is 0.326 e. The Morgan fingerprint density at radius 3 is 2.27 bits per heavy atom. The van der Waals surface area contributed by atoms with E-state index >= 15 is 0 Å². The monoisotopic (exact) mass is 448 g/mol. The highest BCUT2D eigenvalue weighted by atomic mass is 32.2. The number of carbonyl (C=O) groups excluding carboxylic acids is 1. The van der Waals surface area contributed by atoms with Crippen LogP contribution in [-0.2, 0) is 20.8 Å². The number of nitrogens with one attached hydrogen (secondary N) is 1. The third-order valence-electron chi connectivity index (χ3n) is 4.22. The molecule has 12 heteroatoms. The molecule has 0 saturated heterocycles. The van der Waals surface area contributed by atoms with Crippen molar-refractivity contribution in [1.82, 2.24) is 0 Å². The molecule has 1 N–H and O–H groups in total. The highest BCUT2D eigenvalue weighted by Crippen LogP contribution is 2.37.